The van der Waals surface area contributed by atoms with Crippen molar-refractivity contribution in [3.05, 3.63) is 29.5 Å². The standard InChI is InChI=1S/C17H22N6OS.ClH/c1-11(18-2)8-14-21-16(24-22-14)12-4-3-6-23(9-12)15-13-5-7-25-17(13)20-10-19-15;/h5,7,10-12,18H,3-4,6,8-9H2,1-2H3;1H. The van der Waals surface area contributed by atoms with Crippen LogP contribution in [0.5, 0.6) is 0 Å². The number of halogens is 1. The average Bonchev–Trinajstić information content (AvgIpc) is 3.30. The van der Waals surface area contributed by atoms with Crippen LogP contribution in [0.3, 0.4) is 0 Å². The van der Waals surface area contributed by atoms with Crippen molar-refractivity contribution in [2.24, 2.45) is 0 Å². The Kier molecular flexibility index (Phi) is 6.05. The maximum absolute atomic E-state index is 5.56. The van der Waals surface area contributed by atoms with Crippen molar-refractivity contribution in [2.75, 3.05) is 25.0 Å². The van der Waals surface area contributed by atoms with Crippen molar-refractivity contribution < 1.29 is 4.52 Å². The molecule has 3 aromatic rings. The molecular formula is C17H23ClN6OS. The van der Waals surface area contributed by atoms with E-state index < -0.39 is 0 Å². The molecule has 0 aliphatic carbocycles. The molecule has 9 heteroatoms. The van der Waals surface area contributed by atoms with Gasteiger partial charge in [0.25, 0.3) is 0 Å². The number of hydrogen-bond acceptors (Lipinski definition) is 8. The summed E-state index contributed by atoms with van der Waals surface area (Å²) < 4.78 is 5.56. The second kappa shape index (κ2) is 8.28. The van der Waals surface area contributed by atoms with Gasteiger partial charge < -0.3 is 14.7 Å². The van der Waals surface area contributed by atoms with Crippen molar-refractivity contribution in [1.82, 2.24) is 25.4 Å². The van der Waals surface area contributed by atoms with Gasteiger partial charge in [0, 0.05) is 25.6 Å². The first-order valence-corrected chi connectivity index (χ1v) is 9.55. The zero-order valence-corrected chi connectivity index (χ0v) is 16.5. The summed E-state index contributed by atoms with van der Waals surface area (Å²) in [4.78, 5) is 16.9. The number of rotatable bonds is 5. The van der Waals surface area contributed by atoms with Gasteiger partial charge in [0.05, 0.1) is 11.3 Å². The van der Waals surface area contributed by atoms with Gasteiger partial charge in [0.1, 0.15) is 17.0 Å². The summed E-state index contributed by atoms with van der Waals surface area (Å²) in [6.07, 6.45) is 4.59. The van der Waals surface area contributed by atoms with Crippen LogP contribution < -0.4 is 10.2 Å². The Balaban J connectivity index is 0.00000196. The van der Waals surface area contributed by atoms with Crippen LogP contribution in [0.2, 0.25) is 0 Å². The van der Waals surface area contributed by atoms with Gasteiger partial charge in [-0.25, -0.2) is 9.97 Å². The number of likely N-dealkylation sites (N-methyl/N-ethyl adjacent to an activating group) is 1. The molecule has 1 aliphatic heterocycles. The molecule has 3 aromatic heterocycles. The van der Waals surface area contributed by atoms with Crippen LogP contribution in [0.15, 0.2) is 22.3 Å². The topological polar surface area (TPSA) is 80.0 Å². The van der Waals surface area contributed by atoms with E-state index >= 15 is 0 Å². The highest BCUT2D eigenvalue weighted by Crippen LogP contribution is 2.32. The maximum atomic E-state index is 5.56. The second-order valence-electron chi connectivity index (χ2n) is 6.56. The monoisotopic (exact) mass is 394 g/mol. The molecule has 1 saturated heterocycles. The highest BCUT2D eigenvalue weighted by Gasteiger charge is 2.28. The first-order valence-electron chi connectivity index (χ1n) is 8.67. The van der Waals surface area contributed by atoms with Gasteiger partial charge in [0.2, 0.25) is 5.89 Å². The molecule has 140 valence electrons. The Morgan fingerprint density at radius 2 is 2.31 bits per heavy atom. The predicted molar refractivity (Wildman–Crippen MR) is 105 cm³/mol. The van der Waals surface area contributed by atoms with Crippen LogP contribution in [0.25, 0.3) is 10.2 Å². The third kappa shape index (κ3) is 3.82. The molecule has 7 nitrogen and oxygen atoms in total. The fourth-order valence-electron chi connectivity index (χ4n) is 3.29. The molecule has 1 N–H and O–H groups in total. The number of thiophene rings is 1. The van der Waals surface area contributed by atoms with Crippen LogP contribution in [0.4, 0.5) is 5.82 Å². The summed E-state index contributed by atoms with van der Waals surface area (Å²) in [6, 6.07) is 2.43. The number of fused-ring (bicyclic) bond motifs is 1. The zero-order valence-electron chi connectivity index (χ0n) is 14.9. The smallest absolute Gasteiger partial charge is 0.231 e. The quantitative estimate of drug-likeness (QED) is 0.712. The number of nitrogens with one attached hydrogen (secondary N) is 1. The molecular weight excluding hydrogens is 372 g/mol. The van der Waals surface area contributed by atoms with Gasteiger partial charge in [-0.3, -0.25) is 0 Å². The molecule has 26 heavy (non-hydrogen) atoms. The van der Waals surface area contributed by atoms with Gasteiger partial charge in [0.15, 0.2) is 5.82 Å². The fraction of sp³-hybridized carbons (Fsp3) is 0.529. The van der Waals surface area contributed by atoms with Gasteiger partial charge in [-0.15, -0.1) is 23.7 Å². The Bertz CT molecular complexity index is 853. The molecule has 2 unspecified atom stereocenters. The molecule has 0 radical (unpaired) electrons. The lowest BCUT2D eigenvalue weighted by Gasteiger charge is -2.32. The fourth-order valence-corrected chi connectivity index (χ4v) is 4.02. The van der Waals surface area contributed by atoms with E-state index in [4.69, 9.17) is 4.52 Å². The Labute approximate surface area is 162 Å². The van der Waals surface area contributed by atoms with Crippen molar-refractivity contribution in [3.63, 3.8) is 0 Å². The molecule has 0 saturated carbocycles. The molecule has 0 amide bonds. The summed E-state index contributed by atoms with van der Waals surface area (Å²) in [5.74, 6) is 2.79. The first kappa shape index (κ1) is 19.0. The van der Waals surface area contributed by atoms with E-state index in [9.17, 15) is 0 Å². The lowest BCUT2D eigenvalue weighted by Crippen LogP contribution is -2.35. The molecule has 2 atom stereocenters. The first-order chi connectivity index (χ1) is 12.2. The minimum Gasteiger partial charge on any atom is -0.355 e. The van der Waals surface area contributed by atoms with Crippen LogP contribution in [-0.2, 0) is 6.42 Å². The summed E-state index contributed by atoms with van der Waals surface area (Å²) in [7, 11) is 1.94. The highest BCUT2D eigenvalue weighted by atomic mass is 35.5. The highest BCUT2D eigenvalue weighted by molar-refractivity contribution is 7.16. The van der Waals surface area contributed by atoms with E-state index in [-0.39, 0.29) is 18.3 Å². The predicted octanol–water partition coefficient (Wildman–Crippen LogP) is 3.03. The zero-order chi connectivity index (χ0) is 17.2. The summed E-state index contributed by atoms with van der Waals surface area (Å²) in [5, 5.41) is 10.5. The van der Waals surface area contributed by atoms with E-state index in [0.29, 0.717) is 6.04 Å². The lowest BCUT2D eigenvalue weighted by atomic mass is 9.98. The Hall–Kier alpha value is -1.77. The normalized spacial score (nSPS) is 18.7. The van der Waals surface area contributed by atoms with E-state index in [1.807, 2.05) is 7.05 Å². The third-order valence-corrected chi connectivity index (χ3v) is 5.60. The number of aromatic nitrogens is 4. The van der Waals surface area contributed by atoms with E-state index in [1.165, 1.54) is 0 Å². The van der Waals surface area contributed by atoms with Crippen LogP contribution in [0, 0.1) is 0 Å². The van der Waals surface area contributed by atoms with E-state index in [0.717, 1.165) is 60.1 Å². The molecule has 4 heterocycles. The van der Waals surface area contributed by atoms with Crippen molar-refractivity contribution in [1.29, 1.82) is 0 Å². The molecule has 0 spiro atoms. The Morgan fingerprint density at radius 3 is 3.15 bits per heavy atom. The minimum atomic E-state index is 0. The van der Waals surface area contributed by atoms with Crippen molar-refractivity contribution in [2.45, 2.75) is 38.1 Å². The summed E-state index contributed by atoms with van der Waals surface area (Å²) >= 11 is 1.65. The van der Waals surface area contributed by atoms with E-state index in [1.54, 1.807) is 17.7 Å². The van der Waals surface area contributed by atoms with Gasteiger partial charge in [-0.1, -0.05) is 5.16 Å². The van der Waals surface area contributed by atoms with Crippen LogP contribution in [0.1, 0.15) is 37.4 Å². The van der Waals surface area contributed by atoms with Gasteiger partial charge in [-0.05, 0) is 38.3 Å². The third-order valence-electron chi connectivity index (χ3n) is 4.78. The summed E-state index contributed by atoms with van der Waals surface area (Å²) in [6.45, 7) is 3.96. The van der Waals surface area contributed by atoms with Crippen molar-refractivity contribution >= 4 is 39.8 Å². The molecule has 1 aliphatic rings. The number of nitrogens with zero attached hydrogens (tertiary/aromatic N) is 5. The Morgan fingerprint density at radius 1 is 1.42 bits per heavy atom. The van der Waals surface area contributed by atoms with E-state index in [2.05, 4.69) is 48.7 Å². The van der Waals surface area contributed by atoms with Gasteiger partial charge in [-0.2, -0.15) is 4.98 Å². The largest absolute Gasteiger partial charge is 0.355 e. The molecule has 1 fully saturated rings. The van der Waals surface area contributed by atoms with Crippen LogP contribution in [-0.4, -0.2) is 46.3 Å². The number of anilines is 1. The molecule has 0 aromatic carbocycles. The average molecular weight is 395 g/mol. The minimum absolute atomic E-state index is 0. The number of piperidine rings is 1. The number of hydrogen-bond donors (Lipinski definition) is 1. The SMILES string of the molecule is CNC(C)Cc1noc(C2CCCN(c3ncnc4sccc34)C2)n1.Cl. The van der Waals surface area contributed by atoms with Crippen LogP contribution >= 0.6 is 23.7 Å². The van der Waals surface area contributed by atoms with Crippen molar-refractivity contribution in [3.8, 4) is 0 Å². The van der Waals surface area contributed by atoms with Gasteiger partial charge >= 0.3 is 0 Å². The summed E-state index contributed by atoms with van der Waals surface area (Å²) in [5.41, 5.74) is 0. The molecule has 4 rings (SSSR count). The maximum Gasteiger partial charge on any atom is 0.231 e. The molecule has 0 bridgehead atoms. The second-order valence-corrected chi connectivity index (χ2v) is 7.46. The lowest BCUT2D eigenvalue weighted by molar-refractivity contribution is 0.329.